The fourth-order valence-corrected chi connectivity index (χ4v) is 5.79. The summed E-state index contributed by atoms with van der Waals surface area (Å²) in [6.45, 7) is 3.05. The fourth-order valence-electron chi connectivity index (χ4n) is 5.79. The predicted molar refractivity (Wildman–Crippen MR) is 215 cm³/mol. The number of amides is 6. The van der Waals surface area contributed by atoms with Gasteiger partial charge >= 0.3 is 12.1 Å². The molecule has 0 aliphatic carbocycles. The highest BCUT2D eigenvalue weighted by molar-refractivity contribution is 5.82. The average Bonchev–Trinajstić information content (AvgIpc) is 3.18. The highest BCUT2D eigenvalue weighted by atomic mass is 16.6. The largest absolute Gasteiger partial charge is 0.463 e. The first kappa shape index (κ1) is 53.6. The number of nitrogens with two attached hydrogens (primary N) is 2. The third-order valence-corrected chi connectivity index (χ3v) is 9.40. The Hall–Kier alpha value is -4.36. The van der Waals surface area contributed by atoms with Gasteiger partial charge in [-0.3, -0.25) is 33.6 Å². The van der Waals surface area contributed by atoms with Gasteiger partial charge in [0.2, 0.25) is 29.5 Å². The highest BCUT2D eigenvalue weighted by Crippen LogP contribution is 2.15. The Bertz CT molecular complexity index is 1150. The van der Waals surface area contributed by atoms with Crippen molar-refractivity contribution in [2.75, 3.05) is 87.0 Å². The van der Waals surface area contributed by atoms with Gasteiger partial charge < -0.3 is 56.2 Å². The second-order valence-electron chi connectivity index (χ2n) is 13.9. The van der Waals surface area contributed by atoms with Crippen molar-refractivity contribution >= 4 is 47.4 Å². The molecule has 0 heterocycles. The quantitative estimate of drug-likeness (QED) is 0.0432. The van der Waals surface area contributed by atoms with Crippen LogP contribution < -0.4 is 27.4 Å². The molecule has 0 radical (unpaired) electrons. The third kappa shape index (κ3) is 28.1. The molecule has 0 aromatic heterocycles. The number of carbonyl (C=O) groups excluding carboxylic acids is 8. The first-order chi connectivity index (χ1) is 27.8. The van der Waals surface area contributed by atoms with Crippen LogP contribution in [0.3, 0.4) is 0 Å². The van der Waals surface area contributed by atoms with Crippen molar-refractivity contribution in [3.05, 3.63) is 0 Å². The molecular formula is C39H71N7O12. The molecule has 0 aromatic rings. The number of alkyl carbamates (subject to hydrolysis) is 1. The molecular weight excluding hydrogens is 758 g/mol. The Kier molecular flexibility index (Phi) is 32.1. The Balaban J connectivity index is 5.56. The maximum Gasteiger partial charge on any atom is 0.407 e. The topological polar surface area (TPSA) is 268 Å². The van der Waals surface area contributed by atoms with E-state index in [0.717, 1.165) is 12.8 Å². The van der Waals surface area contributed by atoms with E-state index in [4.69, 9.17) is 30.4 Å². The number of ether oxygens (including phenoxy) is 4. The van der Waals surface area contributed by atoms with Crippen LogP contribution in [-0.4, -0.2) is 150 Å². The number of unbranched alkanes of at least 4 members (excludes halogenated alkanes) is 3. The summed E-state index contributed by atoms with van der Waals surface area (Å²) in [6.07, 6.45) is 5.06. The Labute approximate surface area is 343 Å². The molecule has 0 aliphatic rings. The number of ketones is 1. The zero-order valence-corrected chi connectivity index (χ0v) is 35.3. The van der Waals surface area contributed by atoms with Gasteiger partial charge in [-0.1, -0.05) is 19.8 Å². The standard InChI is InChI=1S/C39H71N7O12/c1-5-30(37(40)52)12-7-6-8-13-31(47)18-22-45(34(49)15-11-16-36(51)57-28-26-55-3)24-25-46(35(50)17-21-44-39(54)58-29-27-56-4)23-19-33(48)43-20-10-9-14-32(42-2)38(41)53/h30,32,42H,5-29H2,1-4H3,(H2,40,52)(H2,41,53)(H,43,48)(H,44,54)/t30-,32-/m0/s1. The van der Waals surface area contributed by atoms with Gasteiger partial charge in [0.25, 0.3) is 0 Å². The van der Waals surface area contributed by atoms with Crippen LogP contribution in [-0.2, 0) is 52.5 Å². The lowest BCUT2D eigenvalue weighted by molar-refractivity contribution is -0.145. The molecule has 0 bridgehead atoms. The maximum atomic E-state index is 13.5. The van der Waals surface area contributed by atoms with Crippen LogP contribution in [0.5, 0.6) is 0 Å². The SMILES string of the molecule is CC[C@@H](CCCCCC(=O)CCN(CCN(CCC(=O)NCCCC[C@H](NC)C(N)=O)C(=O)CCNC(=O)OCCOC)C(=O)CCCC(=O)OCCOC)C(N)=O. The molecule has 0 aromatic carbocycles. The Morgan fingerprint density at radius 2 is 1.21 bits per heavy atom. The van der Waals surface area contributed by atoms with Gasteiger partial charge in [-0.25, -0.2) is 4.79 Å². The summed E-state index contributed by atoms with van der Waals surface area (Å²) in [7, 11) is 4.60. The number of esters is 1. The molecule has 0 fully saturated rings. The first-order valence-electron chi connectivity index (χ1n) is 20.4. The smallest absolute Gasteiger partial charge is 0.407 e. The number of nitrogens with zero attached hydrogens (tertiary/aromatic N) is 2. The molecule has 19 heteroatoms. The van der Waals surface area contributed by atoms with Crippen LogP contribution in [0.4, 0.5) is 4.79 Å². The Morgan fingerprint density at radius 1 is 0.586 bits per heavy atom. The average molecular weight is 830 g/mol. The number of nitrogens with one attached hydrogen (secondary N) is 3. The number of primary amides is 2. The number of likely N-dealkylation sites (N-methyl/N-ethyl adjacent to an activating group) is 1. The van der Waals surface area contributed by atoms with E-state index in [-0.39, 0.29) is 133 Å². The summed E-state index contributed by atoms with van der Waals surface area (Å²) in [5, 5.41) is 8.18. The van der Waals surface area contributed by atoms with Crippen molar-refractivity contribution in [1.82, 2.24) is 25.8 Å². The molecule has 6 amide bonds. The molecule has 334 valence electrons. The minimum Gasteiger partial charge on any atom is -0.463 e. The van der Waals surface area contributed by atoms with Crippen LogP contribution in [0.1, 0.15) is 103 Å². The lowest BCUT2D eigenvalue weighted by Gasteiger charge is -2.28. The first-order valence-corrected chi connectivity index (χ1v) is 20.4. The van der Waals surface area contributed by atoms with E-state index in [0.29, 0.717) is 51.5 Å². The molecule has 0 unspecified atom stereocenters. The van der Waals surface area contributed by atoms with Gasteiger partial charge in [0.05, 0.1) is 19.3 Å². The lowest BCUT2D eigenvalue weighted by atomic mass is 9.97. The van der Waals surface area contributed by atoms with Crippen molar-refractivity contribution in [3.63, 3.8) is 0 Å². The van der Waals surface area contributed by atoms with E-state index in [1.807, 2.05) is 6.92 Å². The number of rotatable bonds is 37. The van der Waals surface area contributed by atoms with Crippen LogP contribution in [0.25, 0.3) is 0 Å². The van der Waals surface area contributed by atoms with E-state index < -0.39 is 24.0 Å². The molecule has 0 saturated heterocycles. The minimum absolute atomic E-state index is 0.00594. The second kappa shape index (κ2) is 34.7. The van der Waals surface area contributed by atoms with E-state index in [1.54, 1.807) is 7.05 Å². The molecule has 7 N–H and O–H groups in total. The van der Waals surface area contributed by atoms with Crippen LogP contribution in [0.15, 0.2) is 0 Å². The molecule has 0 aliphatic heterocycles. The zero-order valence-electron chi connectivity index (χ0n) is 35.3. The number of methoxy groups -OCH3 is 2. The van der Waals surface area contributed by atoms with Gasteiger partial charge in [0, 0.05) is 97.9 Å². The highest BCUT2D eigenvalue weighted by Gasteiger charge is 2.21. The van der Waals surface area contributed by atoms with Crippen molar-refractivity contribution in [1.29, 1.82) is 0 Å². The normalized spacial score (nSPS) is 11.9. The van der Waals surface area contributed by atoms with Gasteiger partial charge in [0.1, 0.15) is 19.0 Å². The maximum absolute atomic E-state index is 13.5. The fraction of sp³-hybridized carbons (Fsp3) is 0.795. The van der Waals surface area contributed by atoms with Crippen LogP contribution >= 0.6 is 0 Å². The number of hydrogen-bond donors (Lipinski definition) is 5. The molecule has 2 atom stereocenters. The van der Waals surface area contributed by atoms with Gasteiger partial charge in [-0.05, 0) is 52.0 Å². The lowest BCUT2D eigenvalue weighted by Crippen LogP contribution is -2.44. The van der Waals surface area contributed by atoms with Crippen LogP contribution in [0, 0.1) is 5.92 Å². The molecule has 19 nitrogen and oxygen atoms in total. The number of hydrogen-bond acceptors (Lipinski definition) is 13. The van der Waals surface area contributed by atoms with Crippen molar-refractivity contribution < 1.29 is 57.3 Å². The molecule has 0 saturated carbocycles. The summed E-state index contributed by atoms with van der Waals surface area (Å²) in [4.78, 5) is 102. The Morgan fingerprint density at radius 3 is 1.81 bits per heavy atom. The summed E-state index contributed by atoms with van der Waals surface area (Å²) in [5.74, 6) is -2.44. The van der Waals surface area contributed by atoms with Gasteiger partial charge in [0.15, 0.2) is 0 Å². The van der Waals surface area contributed by atoms with Crippen molar-refractivity contribution in [2.24, 2.45) is 17.4 Å². The van der Waals surface area contributed by atoms with Crippen molar-refractivity contribution in [3.8, 4) is 0 Å². The summed E-state index contributed by atoms with van der Waals surface area (Å²) < 4.78 is 19.8. The predicted octanol–water partition coefficient (Wildman–Crippen LogP) is 0.937. The van der Waals surface area contributed by atoms with E-state index in [1.165, 1.54) is 24.0 Å². The second-order valence-corrected chi connectivity index (χ2v) is 13.9. The summed E-state index contributed by atoms with van der Waals surface area (Å²) >= 11 is 0. The van der Waals surface area contributed by atoms with E-state index >= 15 is 0 Å². The van der Waals surface area contributed by atoms with Gasteiger partial charge in [-0.15, -0.1) is 0 Å². The zero-order chi connectivity index (χ0) is 43.6. The molecule has 58 heavy (non-hydrogen) atoms. The number of Topliss-reactive ketones (excluding diaryl/α,β-unsaturated/α-hetero) is 1. The van der Waals surface area contributed by atoms with Crippen LogP contribution in [0.2, 0.25) is 0 Å². The van der Waals surface area contributed by atoms with Crippen molar-refractivity contribution in [2.45, 2.75) is 109 Å². The third-order valence-electron chi connectivity index (χ3n) is 9.40. The summed E-state index contributed by atoms with van der Waals surface area (Å²) in [6, 6.07) is -0.455. The summed E-state index contributed by atoms with van der Waals surface area (Å²) in [5.41, 5.74) is 10.8. The van der Waals surface area contributed by atoms with E-state index in [2.05, 4.69) is 16.0 Å². The monoisotopic (exact) mass is 830 g/mol. The number of carbonyl (C=O) groups is 8. The van der Waals surface area contributed by atoms with E-state index in [9.17, 15) is 38.4 Å². The molecule has 0 spiro atoms. The van der Waals surface area contributed by atoms with Gasteiger partial charge in [-0.2, -0.15) is 0 Å². The molecule has 0 rings (SSSR count). The minimum atomic E-state index is -0.715.